The summed E-state index contributed by atoms with van der Waals surface area (Å²) in [5, 5.41) is 9.66. The van der Waals surface area contributed by atoms with E-state index in [1.807, 2.05) is 44.3 Å². The minimum absolute atomic E-state index is 0.105. The molecule has 0 aliphatic heterocycles. The van der Waals surface area contributed by atoms with Crippen molar-refractivity contribution >= 4 is 17.5 Å². The highest BCUT2D eigenvalue weighted by molar-refractivity contribution is 5.63. The molecule has 2 aromatic heterocycles. The molecule has 8 nitrogen and oxygen atoms in total. The second-order valence-corrected chi connectivity index (χ2v) is 7.98. The normalized spacial score (nSPS) is 14.7. The van der Waals surface area contributed by atoms with Crippen molar-refractivity contribution in [1.82, 2.24) is 20.1 Å². The van der Waals surface area contributed by atoms with Crippen LogP contribution in [0.25, 0.3) is 5.69 Å². The third-order valence-corrected chi connectivity index (χ3v) is 5.91. The first-order chi connectivity index (χ1) is 16.1. The highest BCUT2D eigenvalue weighted by Gasteiger charge is 2.29. The second-order valence-electron chi connectivity index (χ2n) is 7.98. The maximum absolute atomic E-state index is 13.4. The van der Waals surface area contributed by atoms with Crippen LogP contribution in [0.1, 0.15) is 35.0 Å². The van der Waals surface area contributed by atoms with Crippen molar-refractivity contribution in [2.75, 3.05) is 24.8 Å². The monoisotopic (exact) mass is 446 g/mol. The van der Waals surface area contributed by atoms with Crippen LogP contribution in [0.5, 0.6) is 5.75 Å². The molecule has 9 heteroatoms. The standard InChI is InChI=1S/C24H24FN7O/c1-14-27-13-32(31-14)20-11-8-17(12-21(20)33-3)28-24-29-22-18(15-4-6-16(25)7-5-15)9-10-19(22)23(26-2)30-24/h4-8,11-13,18H,9-10H2,1-3H3,(H2,26,28,29,30)/p+1/t18-/m0/s1. The molecule has 5 rings (SSSR count). The first kappa shape index (κ1) is 20.9. The molecule has 0 saturated carbocycles. The molecule has 2 heterocycles. The van der Waals surface area contributed by atoms with Crippen LogP contribution in [0.3, 0.4) is 0 Å². The topological polar surface area (TPSA) is 91.6 Å². The van der Waals surface area contributed by atoms with Crippen LogP contribution in [-0.4, -0.2) is 34.2 Å². The van der Waals surface area contributed by atoms with Crippen molar-refractivity contribution in [2.24, 2.45) is 0 Å². The van der Waals surface area contributed by atoms with Crippen LogP contribution in [0.15, 0.2) is 48.8 Å². The Hall–Kier alpha value is -4.01. The summed E-state index contributed by atoms with van der Waals surface area (Å²) >= 11 is 0. The highest BCUT2D eigenvalue weighted by Crippen LogP contribution is 2.40. The number of benzene rings is 2. The fourth-order valence-electron chi connectivity index (χ4n) is 4.33. The van der Waals surface area contributed by atoms with Crippen LogP contribution in [0, 0.1) is 12.7 Å². The Balaban J connectivity index is 1.48. The fraction of sp³-hybridized carbons (Fsp3) is 0.250. The number of nitrogens with zero attached hydrogens (tertiary/aromatic N) is 4. The van der Waals surface area contributed by atoms with Crippen molar-refractivity contribution in [3.63, 3.8) is 0 Å². The number of H-pyrrole nitrogens is 1. The Kier molecular flexibility index (Phi) is 5.37. The van der Waals surface area contributed by atoms with E-state index in [1.54, 1.807) is 18.1 Å². The van der Waals surface area contributed by atoms with Gasteiger partial charge in [-0.25, -0.2) is 9.37 Å². The lowest BCUT2D eigenvalue weighted by atomic mass is 9.97. The quantitative estimate of drug-likeness (QED) is 0.390. The lowest BCUT2D eigenvalue weighted by Crippen LogP contribution is -2.32. The minimum Gasteiger partial charge on any atom is -0.492 e. The van der Waals surface area contributed by atoms with E-state index in [0.717, 1.165) is 52.7 Å². The number of rotatable bonds is 6. The molecule has 4 aromatic rings. The summed E-state index contributed by atoms with van der Waals surface area (Å²) in [4.78, 5) is 13.8. The molecule has 1 aliphatic carbocycles. The molecule has 0 spiro atoms. The Bertz CT molecular complexity index is 1300. The molecule has 1 aliphatic rings. The van der Waals surface area contributed by atoms with Gasteiger partial charge >= 0.3 is 6.33 Å². The van der Waals surface area contributed by atoms with Crippen molar-refractivity contribution in [1.29, 1.82) is 0 Å². The molecular weight excluding hydrogens is 421 g/mol. The summed E-state index contributed by atoms with van der Waals surface area (Å²) in [7, 11) is 3.49. The van der Waals surface area contributed by atoms with Gasteiger partial charge in [-0.2, -0.15) is 10.1 Å². The van der Waals surface area contributed by atoms with Gasteiger partial charge in [-0.15, -0.1) is 4.68 Å². The van der Waals surface area contributed by atoms with E-state index < -0.39 is 0 Å². The number of aromatic nitrogens is 5. The van der Waals surface area contributed by atoms with E-state index >= 15 is 0 Å². The van der Waals surface area contributed by atoms with Crippen molar-refractivity contribution in [2.45, 2.75) is 25.7 Å². The van der Waals surface area contributed by atoms with E-state index in [9.17, 15) is 4.39 Å². The molecule has 0 bridgehead atoms. The molecule has 2 aromatic carbocycles. The van der Waals surface area contributed by atoms with Gasteiger partial charge in [-0.1, -0.05) is 12.1 Å². The minimum atomic E-state index is -0.237. The van der Waals surface area contributed by atoms with Gasteiger partial charge in [0.1, 0.15) is 11.6 Å². The van der Waals surface area contributed by atoms with E-state index in [-0.39, 0.29) is 11.7 Å². The second kappa shape index (κ2) is 8.50. The van der Waals surface area contributed by atoms with Gasteiger partial charge in [0.05, 0.1) is 12.8 Å². The number of anilines is 3. The van der Waals surface area contributed by atoms with Crippen LogP contribution in [-0.2, 0) is 6.42 Å². The first-order valence-electron chi connectivity index (χ1n) is 10.8. The molecule has 3 N–H and O–H groups in total. The lowest BCUT2D eigenvalue weighted by Gasteiger charge is -2.15. The number of nitrogens with one attached hydrogen (secondary N) is 3. The van der Waals surface area contributed by atoms with Crippen molar-refractivity contribution in [3.8, 4) is 11.4 Å². The van der Waals surface area contributed by atoms with E-state index in [2.05, 4.69) is 25.7 Å². The largest absolute Gasteiger partial charge is 0.492 e. The maximum atomic E-state index is 13.4. The molecular formula is C24H25FN7O+. The van der Waals surface area contributed by atoms with Gasteiger partial charge in [-0.3, -0.25) is 0 Å². The van der Waals surface area contributed by atoms with E-state index in [0.29, 0.717) is 11.7 Å². The van der Waals surface area contributed by atoms with Gasteiger partial charge in [0, 0.05) is 37.2 Å². The predicted molar refractivity (Wildman–Crippen MR) is 123 cm³/mol. The van der Waals surface area contributed by atoms with Gasteiger partial charge < -0.3 is 15.4 Å². The SMILES string of the molecule is CNc1nc(Nc2ccc(-[n+]3cnc(C)[nH]3)c(OC)c2)nc2c1CC[C@H]2c1ccc(F)cc1. The Morgan fingerprint density at radius 3 is 2.67 bits per heavy atom. The molecule has 0 amide bonds. The summed E-state index contributed by atoms with van der Waals surface area (Å²) in [6.45, 7) is 1.89. The number of aryl methyl sites for hydroxylation is 1. The number of halogens is 1. The zero-order valence-corrected chi connectivity index (χ0v) is 18.7. The van der Waals surface area contributed by atoms with Crippen molar-refractivity contribution in [3.05, 3.63) is 77.3 Å². The first-order valence-corrected chi connectivity index (χ1v) is 10.8. The fourth-order valence-corrected chi connectivity index (χ4v) is 4.33. The van der Waals surface area contributed by atoms with E-state index in [1.165, 1.54) is 12.1 Å². The summed E-state index contributed by atoms with van der Waals surface area (Å²) in [6, 6.07) is 12.4. The van der Waals surface area contributed by atoms with Crippen LogP contribution < -0.4 is 20.1 Å². The Labute approximate surface area is 190 Å². The smallest absolute Gasteiger partial charge is 0.312 e. The number of methoxy groups -OCH3 is 1. The van der Waals surface area contributed by atoms with Gasteiger partial charge in [0.15, 0.2) is 11.4 Å². The molecule has 1 atom stereocenters. The molecule has 0 saturated heterocycles. The average Bonchev–Trinajstić information content (AvgIpc) is 3.45. The third-order valence-electron chi connectivity index (χ3n) is 5.91. The molecule has 168 valence electrons. The van der Waals surface area contributed by atoms with E-state index in [4.69, 9.17) is 9.72 Å². The predicted octanol–water partition coefficient (Wildman–Crippen LogP) is 3.80. The maximum Gasteiger partial charge on any atom is 0.312 e. The highest BCUT2D eigenvalue weighted by atomic mass is 19.1. The Morgan fingerprint density at radius 1 is 1.15 bits per heavy atom. The molecule has 0 fully saturated rings. The van der Waals surface area contributed by atoms with Gasteiger partial charge in [0.25, 0.3) is 0 Å². The Morgan fingerprint density at radius 2 is 1.97 bits per heavy atom. The number of hydrogen-bond donors (Lipinski definition) is 3. The zero-order valence-electron chi connectivity index (χ0n) is 18.7. The number of ether oxygens (including phenoxy) is 1. The molecule has 33 heavy (non-hydrogen) atoms. The summed E-state index contributed by atoms with van der Waals surface area (Å²) < 4.78 is 20.8. The molecule has 0 radical (unpaired) electrons. The van der Waals surface area contributed by atoms with Gasteiger partial charge in [-0.05, 0) is 47.7 Å². The number of hydrogen-bond acceptors (Lipinski definition) is 6. The number of aromatic amines is 1. The summed E-state index contributed by atoms with van der Waals surface area (Å²) in [5.74, 6) is 2.65. The number of fused-ring (bicyclic) bond motifs is 1. The van der Waals surface area contributed by atoms with Crippen molar-refractivity contribution < 1.29 is 13.8 Å². The zero-order chi connectivity index (χ0) is 22.9. The lowest BCUT2D eigenvalue weighted by molar-refractivity contribution is -0.657. The summed E-state index contributed by atoms with van der Waals surface area (Å²) in [6.07, 6.45) is 3.49. The van der Waals surface area contributed by atoms with Crippen LogP contribution in [0.4, 0.5) is 21.8 Å². The third kappa shape index (κ3) is 3.97. The van der Waals surface area contributed by atoms with Gasteiger partial charge in [0.2, 0.25) is 11.8 Å². The van der Waals surface area contributed by atoms with Crippen LogP contribution in [0.2, 0.25) is 0 Å². The van der Waals surface area contributed by atoms with Crippen LogP contribution >= 0.6 is 0 Å². The average molecular weight is 447 g/mol. The molecule has 0 unspecified atom stereocenters. The summed E-state index contributed by atoms with van der Waals surface area (Å²) in [5.41, 5.74) is 4.77.